The highest BCUT2D eigenvalue weighted by Crippen LogP contribution is 2.23. The van der Waals surface area contributed by atoms with Gasteiger partial charge in [0.25, 0.3) is 0 Å². The first-order valence-electron chi connectivity index (χ1n) is 11.0. The number of nitrogens with zero attached hydrogens (tertiary/aromatic N) is 1. The fourth-order valence-electron chi connectivity index (χ4n) is 3.11. The number of thiazole rings is 1. The summed E-state index contributed by atoms with van der Waals surface area (Å²) in [5.41, 5.74) is 2.36. The number of rotatable bonds is 10. The van der Waals surface area contributed by atoms with E-state index in [0.29, 0.717) is 22.2 Å². The molecule has 0 aliphatic carbocycles. The molecule has 1 aromatic heterocycles. The molecule has 0 saturated carbocycles. The molecule has 7 nitrogen and oxygen atoms in total. The molecule has 178 valence electrons. The Kier molecular flexibility index (Phi) is 8.08. The maximum Gasteiger partial charge on any atom is 0.344 e. The van der Waals surface area contributed by atoms with Gasteiger partial charge >= 0.3 is 5.97 Å². The SMILES string of the molecule is Cc1ccccc1NC(=O)Cc1nc(COC(=O)COc2ccc(Oc3ccccc3)cc2)cs1. The number of carbonyl (C=O) groups excluding carboxylic acids is 2. The average molecular weight is 489 g/mol. The maximum absolute atomic E-state index is 12.3. The fraction of sp³-hybridized carbons (Fsp3) is 0.148. The van der Waals surface area contributed by atoms with Gasteiger partial charge in [-0.3, -0.25) is 4.79 Å². The number of anilines is 1. The van der Waals surface area contributed by atoms with Crippen molar-refractivity contribution in [2.75, 3.05) is 11.9 Å². The van der Waals surface area contributed by atoms with Crippen molar-refractivity contribution < 1.29 is 23.8 Å². The molecule has 0 saturated heterocycles. The van der Waals surface area contributed by atoms with Gasteiger partial charge in [-0.15, -0.1) is 11.3 Å². The van der Waals surface area contributed by atoms with Crippen molar-refractivity contribution in [3.63, 3.8) is 0 Å². The quantitative estimate of drug-likeness (QED) is 0.295. The van der Waals surface area contributed by atoms with Crippen LogP contribution in [0.25, 0.3) is 0 Å². The monoisotopic (exact) mass is 488 g/mol. The summed E-state index contributed by atoms with van der Waals surface area (Å²) in [4.78, 5) is 28.7. The second kappa shape index (κ2) is 11.8. The van der Waals surface area contributed by atoms with E-state index in [2.05, 4.69) is 10.3 Å². The van der Waals surface area contributed by atoms with Crippen LogP contribution >= 0.6 is 11.3 Å². The summed E-state index contributed by atoms with van der Waals surface area (Å²) in [5, 5.41) is 5.31. The van der Waals surface area contributed by atoms with Gasteiger partial charge in [0, 0.05) is 11.1 Å². The molecule has 1 heterocycles. The summed E-state index contributed by atoms with van der Waals surface area (Å²) < 4.78 is 16.5. The lowest BCUT2D eigenvalue weighted by Crippen LogP contribution is -2.15. The van der Waals surface area contributed by atoms with E-state index in [1.165, 1.54) is 11.3 Å². The van der Waals surface area contributed by atoms with Gasteiger partial charge in [-0.2, -0.15) is 0 Å². The number of hydrogen-bond acceptors (Lipinski definition) is 7. The number of nitrogens with one attached hydrogen (secondary N) is 1. The zero-order valence-electron chi connectivity index (χ0n) is 19.1. The van der Waals surface area contributed by atoms with Crippen LogP contribution in [0.2, 0.25) is 0 Å². The number of carbonyl (C=O) groups is 2. The molecule has 0 radical (unpaired) electrons. The number of esters is 1. The Morgan fingerprint density at radius 1 is 0.886 bits per heavy atom. The summed E-state index contributed by atoms with van der Waals surface area (Å²) >= 11 is 1.35. The van der Waals surface area contributed by atoms with E-state index in [0.717, 1.165) is 17.0 Å². The van der Waals surface area contributed by atoms with Gasteiger partial charge in [0.05, 0.1) is 12.1 Å². The Morgan fingerprint density at radius 2 is 1.57 bits per heavy atom. The highest BCUT2D eigenvalue weighted by Gasteiger charge is 2.11. The minimum Gasteiger partial charge on any atom is -0.482 e. The zero-order valence-corrected chi connectivity index (χ0v) is 19.9. The predicted octanol–water partition coefficient (Wildman–Crippen LogP) is 5.55. The summed E-state index contributed by atoms with van der Waals surface area (Å²) in [5.74, 6) is 1.27. The lowest BCUT2D eigenvalue weighted by atomic mass is 10.2. The molecule has 35 heavy (non-hydrogen) atoms. The largest absolute Gasteiger partial charge is 0.482 e. The van der Waals surface area contributed by atoms with Gasteiger partial charge in [-0.05, 0) is 55.0 Å². The molecule has 1 amide bonds. The van der Waals surface area contributed by atoms with Crippen LogP contribution in [-0.2, 0) is 27.4 Å². The topological polar surface area (TPSA) is 86.8 Å². The number of para-hydroxylation sites is 2. The summed E-state index contributed by atoms with van der Waals surface area (Å²) in [6, 6.07) is 24.0. The third-order valence-corrected chi connectivity index (χ3v) is 5.77. The van der Waals surface area contributed by atoms with Crippen LogP contribution in [0.15, 0.2) is 84.2 Å². The van der Waals surface area contributed by atoms with E-state index < -0.39 is 5.97 Å². The van der Waals surface area contributed by atoms with Gasteiger partial charge < -0.3 is 19.5 Å². The molecule has 0 unspecified atom stereocenters. The smallest absolute Gasteiger partial charge is 0.344 e. The molecule has 1 N–H and O–H groups in total. The highest BCUT2D eigenvalue weighted by atomic mass is 32.1. The molecule has 4 aromatic rings. The highest BCUT2D eigenvalue weighted by molar-refractivity contribution is 7.09. The average Bonchev–Trinajstić information content (AvgIpc) is 3.31. The van der Waals surface area contributed by atoms with E-state index >= 15 is 0 Å². The van der Waals surface area contributed by atoms with Crippen LogP contribution in [-0.4, -0.2) is 23.5 Å². The minimum absolute atomic E-state index is 0.0158. The first-order chi connectivity index (χ1) is 17.0. The van der Waals surface area contributed by atoms with Crippen LogP contribution in [0, 0.1) is 6.92 Å². The summed E-state index contributed by atoms with van der Waals surface area (Å²) in [7, 11) is 0. The third-order valence-electron chi connectivity index (χ3n) is 4.87. The lowest BCUT2D eigenvalue weighted by molar-refractivity contribution is -0.147. The van der Waals surface area contributed by atoms with Crippen molar-refractivity contribution >= 4 is 28.9 Å². The number of benzene rings is 3. The van der Waals surface area contributed by atoms with Crippen molar-refractivity contribution in [1.29, 1.82) is 0 Å². The number of aromatic nitrogens is 1. The van der Waals surface area contributed by atoms with Crippen molar-refractivity contribution in [3.8, 4) is 17.2 Å². The number of aryl methyl sites for hydroxylation is 1. The molecule has 0 atom stereocenters. The molecule has 0 aliphatic rings. The van der Waals surface area contributed by atoms with E-state index in [1.807, 2.05) is 61.5 Å². The summed E-state index contributed by atoms with van der Waals surface area (Å²) in [6.07, 6.45) is 0.153. The molecule has 8 heteroatoms. The summed E-state index contributed by atoms with van der Waals surface area (Å²) in [6.45, 7) is 1.72. The number of amides is 1. The van der Waals surface area contributed by atoms with Gasteiger partial charge in [0.1, 0.15) is 28.9 Å². The number of ether oxygens (including phenoxy) is 3. The van der Waals surface area contributed by atoms with E-state index in [1.54, 1.807) is 29.6 Å². The Hall–Kier alpha value is -4.17. The van der Waals surface area contributed by atoms with Crippen LogP contribution in [0.5, 0.6) is 17.2 Å². The Labute approximate surface area is 207 Å². The molecule has 4 rings (SSSR count). The van der Waals surface area contributed by atoms with Crippen LogP contribution in [0.4, 0.5) is 5.69 Å². The van der Waals surface area contributed by atoms with Crippen LogP contribution in [0.1, 0.15) is 16.3 Å². The molecule has 0 fully saturated rings. The molecular formula is C27H24N2O5S. The predicted molar refractivity (Wildman–Crippen MR) is 134 cm³/mol. The second-order valence-electron chi connectivity index (χ2n) is 7.61. The van der Waals surface area contributed by atoms with Gasteiger partial charge in [0.15, 0.2) is 6.61 Å². The van der Waals surface area contributed by atoms with Crippen molar-refractivity contribution in [1.82, 2.24) is 4.98 Å². The first-order valence-corrected chi connectivity index (χ1v) is 11.8. The van der Waals surface area contributed by atoms with Gasteiger partial charge in [-0.1, -0.05) is 36.4 Å². The Morgan fingerprint density at radius 3 is 2.34 bits per heavy atom. The molecule has 0 aliphatic heterocycles. The van der Waals surface area contributed by atoms with Crippen molar-refractivity contribution in [2.24, 2.45) is 0 Å². The maximum atomic E-state index is 12.3. The minimum atomic E-state index is -0.513. The Balaban J connectivity index is 1.18. The van der Waals surface area contributed by atoms with E-state index in [9.17, 15) is 9.59 Å². The molecular weight excluding hydrogens is 464 g/mol. The van der Waals surface area contributed by atoms with E-state index in [-0.39, 0.29) is 25.5 Å². The van der Waals surface area contributed by atoms with Crippen molar-refractivity contribution in [2.45, 2.75) is 20.0 Å². The van der Waals surface area contributed by atoms with Crippen LogP contribution < -0.4 is 14.8 Å². The van der Waals surface area contributed by atoms with Gasteiger partial charge in [0.2, 0.25) is 5.91 Å². The normalized spacial score (nSPS) is 10.4. The lowest BCUT2D eigenvalue weighted by Gasteiger charge is -2.08. The standard InChI is InChI=1S/C27H24N2O5S/c1-19-7-5-6-10-24(19)29-25(30)15-26-28-20(18-35-26)16-33-27(31)17-32-21-11-13-23(14-12-21)34-22-8-3-2-4-9-22/h2-14,18H,15-17H2,1H3,(H,29,30). The van der Waals surface area contributed by atoms with Gasteiger partial charge in [-0.25, -0.2) is 9.78 Å². The first kappa shape index (κ1) is 24.0. The Bertz CT molecular complexity index is 1270. The molecule has 0 bridgehead atoms. The zero-order chi connectivity index (χ0) is 24.5. The second-order valence-corrected chi connectivity index (χ2v) is 8.55. The fourth-order valence-corrected chi connectivity index (χ4v) is 3.89. The van der Waals surface area contributed by atoms with Crippen LogP contribution in [0.3, 0.4) is 0 Å². The van der Waals surface area contributed by atoms with Crippen molar-refractivity contribution in [3.05, 3.63) is 101 Å². The molecule has 3 aromatic carbocycles. The molecule has 0 spiro atoms. The number of hydrogen-bond donors (Lipinski definition) is 1. The third kappa shape index (κ3) is 7.41. The van der Waals surface area contributed by atoms with E-state index in [4.69, 9.17) is 14.2 Å².